The molecule has 4 rings (SSSR count). The van der Waals surface area contributed by atoms with Crippen molar-refractivity contribution in [2.75, 3.05) is 24.7 Å². The highest BCUT2D eigenvalue weighted by molar-refractivity contribution is 7.19. The van der Waals surface area contributed by atoms with E-state index in [1.54, 1.807) is 7.05 Å². The van der Waals surface area contributed by atoms with E-state index < -0.39 is 42.8 Å². The zero-order chi connectivity index (χ0) is 26.2. The molecular weight excluding hydrogens is 454 g/mol. The highest BCUT2D eigenvalue weighted by Crippen LogP contribution is 2.35. The van der Waals surface area contributed by atoms with Crippen molar-refractivity contribution in [2.45, 2.75) is 31.1 Å². The molecule has 0 bridgehead atoms. The number of carbonyl (C=O) groups is 1. The summed E-state index contributed by atoms with van der Waals surface area (Å²) in [5, 5.41) is 6.78. The Kier molecular flexibility index (Phi) is 5.63. The maximum atomic E-state index is 14.2. The lowest BCUT2D eigenvalue weighted by atomic mass is 10.0. The van der Waals surface area contributed by atoms with Crippen LogP contribution in [0.15, 0.2) is 24.4 Å². The summed E-state index contributed by atoms with van der Waals surface area (Å²) in [5.41, 5.74) is 12.3. The van der Waals surface area contributed by atoms with Crippen LogP contribution in [0.2, 0.25) is 0 Å². The van der Waals surface area contributed by atoms with Crippen LogP contribution in [-0.4, -0.2) is 46.5 Å². The molecule has 2 aromatic heterocycles. The molecule has 3 aromatic rings. The summed E-state index contributed by atoms with van der Waals surface area (Å²) in [4.78, 5) is 17.1. The number of aromatic nitrogens is 3. The van der Waals surface area contributed by atoms with Crippen molar-refractivity contribution in [1.82, 2.24) is 14.8 Å². The molecule has 3 heterocycles. The molecule has 0 saturated carbocycles. The number of nitrogens with one attached hydrogen (secondary N) is 1. The zero-order valence-corrected chi connectivity index (χ0v) is 18.4. The van der Waals surface area contributed by atoms with Crippen LogP contribution in [0.3, 0.4) is 0 Å². The number of methoxy groups -OCH3 is 1. The van der Waals surface area contributed by atoms with Gasteiger partial charge in [0.25, 0.3) is 5.91 Å². The lowest BCUT2D eigenvalue weighted by Crippen LogP contribution is -2.37. The van der Waals surface area contributed by atoms with Gasteiger partial charge in [-0.2, -0.15) is 5.10 Å². The number of thiazole rings is 1. The van der Waals surface area contributed by atoms with Gasteiger partial charge >= 0.3 is 0 Å². The molecule has 0 radical (unpaired) electrons. The normalized spacial score (nSPS) is 22.8. The van der Waals surface area contributed by atoms with Crippen LogP contribution >= 0.6 is 11.3 Å². The average Bonchev–Trinajstić information content (AvgIpc) is 3.28. The number of rotatable bonds is 5. The molecule has 1 aliphatic rings. The Morgan fingerprint density at radius 3 is 2.88 bits per heavy atom. The van der Waals surface area contributed by atoms with Crippen LogP contribution in [0.4, 0.5) is 19.5 Å². The Morgan fingerprint density at radius 2 is 2.15 bits per heavy atom. The van der Waals surface area contributed by atoms with Gasteiger partial charge in [0.15, 0.2) is 5.69 Å². The van der Waals surface area contributed by atoms with Crippen LogP contribution in [0.1, 0.15) is 39.2 Å². The first-order valence-corrected chi connectivity index (χ1v) is 10.8. The van der Waals surface area contributed by atoms with Crippen molar-refractivity contribution in [1.29, 1.82) is 0 Å². The first-order valence-electron chi connectivity index (χ1n) is 11.5. The summed E-state index contributed by atoms with van der Waals surface area (Å²) in [5.74, 6) is -2.35. The van der Waals surface area contributed by atoms with Gasteiger partial charge in [0.2, 0.25) is 0 Å². The number of carbonyl (C=O) groups excluding carboxylic acids is 1. The molecule has 0 spiro atoms. The number of nitrogen functional groups attached to an aromatic ring is 1. The van der Waals surface area contributed by atoms with Gasteiger partial charge in [0.1, 0.15) is 27.7 Å². The van der Waals surface area contributed by atoms with E-state index in [-0.39, 0.29) is 27.9 Å². The highest BCUT2D eigenvalue weighted by Gasteiger charge is 2.30. The number of benzene rings is 1. The number of hydrogen-bond acceptors (Lipinski definition) is 8. The summed E-state index contributed by atoms with van der Waals surface area (Å²) in [6.07, 6.45) is 0.832. The number of nitrogens with two attached hydrogens (primary N) is 2. The second-order valence-corrected chi connectivity index (χ2v) is 8.60. The summed E-state index contributed by atoms with van der Waals surface area (Å²) in [7, 11) is -0.957. The summed E-state index contributed by atoms with van der Waals surface area (Å²) < 4.78 is 62.8. The van der Waals surface area contributed by atoms with Crippen molar-refractivity contribution in [2.24, 2.45) is 12.8 Å². The predicted molar refractivity (Wildman–Crippen MR) is 120 cm³/mol. The van der Waals surface area contributed by atoms with Gasteiger partial charge in [-0.05, 0) is 25.0 Å². The van der Waals surface area contributed by atoms with E-state index >= 15 is 0 Å². The largest absolute Gasteiger partial charge is 0.389 e. The molecule has 1 aromatic carbocycles. The number of nitrogens with zero attached hydrogens (tertiary/aromatic N) is 3. The number of hydrogen-bond donors (Lipinski definition) is 3. The maximum absolute atomic E-state index is 14.2. The summed E-state index contributed by atoms with van der Waals surface area (Å²) in [6, 6.07) is 2.84. The lowest BCUT2D eigenvalue weighted by molar-refractivity contribution is -0.0211. The Bertz CT molecular complexity index is 1250. The fraction of sp³-hybridized carbons (Fsp3) is 0.381. The summed E-state index contributed by atoms with van der Waals surface area (Å²) in [6.45, 7) is -0.0701. The Morgan fingerprint density at radius 1 is 1.39 bits per heavy atom. The van der Waals surface area contributed by atoms with Gasteiger partial charge in [-0.1, -0.05) is 17.4 Å². The minimum Gasteiger partial charge on any atom is -0.389 e. The molecule has 5 N–H and O–H groups in total. The molecular formula is C21H24F2N6O3S. The molecule has 3 atom stereocenters. The van der Waals surface area contributed by atoms with Crippen molar-refractivity contribution in [3.05, 3.63) is 47.4 Å². The zero-order valence-electron chi connectivity index (χ0n) is 20.5. The van der Waals surface area contributed by atoms with Crippen LogP contribution in [0.25, 0.3) is 10.6 Å². The molecule has 1 aliphatic heterocycles. The maximum Gasteiger partial charge on any atom is 0.277 e. The minimum atomic E-state index is -2.62. The SMILES string of the molecule is [2H]C([2H])([2H])O[C@@H]1COC(c2c(NC(=O)c3nc(-c4c(F)cccc4F)sc3N)cnn2C)CC[C@H]1N. The van der Waals surface area contributed by atoms with Gasteiger partial charge in [0.05, 0.1) is 40.0 Å². The van der Waals surface area contributed by atoms with Gasteiger partial charge in [-0.25, -0.2) is 13.8 Å². The standard InChI is InChI=1S/C21H24F2N6O3S/c1-29-18(14-7-6-12(24)15(31-2)9-32-14)13(8-26-29)27-20(30)17-19(25)33-21(28-17)16-10(22)4-3-5-11(16)23/h3-5,8,12,14-15H,6-7,9,24-25H2,1-2H3,(H,27,30)/t12-,14?,15-/m1/s1/i2D3. The average molecular weight is 482 g/mol. The smallest absolute Gasteiger partial charge is 0.277 e. The lowest BCUT2D eigenvalue weighted by Gasteiger charge is -2.19. The first kappa shape index (κ1) is 19.5. The Balaban J connectivity index is 1.54. The molecule has 33 heavy (non-hydrogen) atoms. The van der Waals surface area contributed by atoms with Crippen LogP contribution in [0, 0.1) is 11.6 Å². The van der Waals surface area contributed by atoms with E-state index in [2.05, 4.69) is 15.4 Å². The van der Waals surface area contributed by atoms with E-state index in [1.165, 1.54) is 16.9 Å². The third kappa shape index (κ3) is 4.60. The fourth-order valence-electron chi connectivity index (χ4n) is 3.70. The van der Waals surface area contributed by atoms with Crippen LogP contribution in [-0.2, 0) is 16.5 Å². The molecule has 9 nitrogen and oxygen atoms in total. The van der Waals surface area contributed by atoms with Crippen LogP contribution in [0.5, 0.6) is 0 Å². The van der Waals surface area contributed by atoms with E-state index in [1.807, 2.05) is 0 Å². The first-order chi connectivity index (χ1) is 16.9. The predicted octanol–water partition coefficient (Wildman–Crippen LogP) is 2.85. The van der Waals surface area contributed by atoms with Crippen molar-refractivity contribution in [3.63, 3.8) is 0 Å². The third-order valence-corrected chi connectivity index (χ3v) is 6.34. The van der Waals surface area contributed by atoms with Crippen molar-refractivity contribution >= 4 is 27.9 Å². The van der Waals surface area contributed by atoms with E-state index in [0.29, 0.717) is 24.2 Å². The third-order valence-electron chi connectivity index (χ3n) is 5.44. The molecule has 12 heteroatoms. The van der Waals surface area contributed by atoms with E-state index in [4.69, 9.17) is 25.1 Å². The number of anilines is 2. The molecule has 176 valence electrons. The van der Waals surface area contributed by atoms with Crippen molar-refractivity contribution < 1.29 is 27.2 Å². The topological polar surface area (TPSA) is 130 Å². The van der Waals surface area contributed by atoms with Gasteiger partial charge < -0.3 is 26.3 Å². The monoisotopic (exact) mass is 481 g/mol. The second kappa shape index (κ2) is 9.51. The molecule has 1 saturated heterocycles. The van der Waals surface area contributed by atoms with Gasteiger partial charge in [-0.3, -0.25) is 9.48 Å². The van der Waals surface area contributed by atoms with Crippen LogP contribution < -0.4 is 16.8 Å². The molecule has 1 amide bonds. The fourth-order valence-corrected chi connectivity index (χ4v) is 4.57. The molecule has 0 aliphatic carbocycles. The van der Waals surface area contributed by atoms with E-state index in [9.17, 15) is 13.6 Å². The number of amides is 1. The number of aryl methyl sites for hydroxylation is 1. The summed E-state index contributed by atoms with van der Waals surface area (Å²) >= 11 is 0.786. The van der Waals surface area contributed by atoms with E-state index in [0.717, 1.165) is 23.5 Å². The quantitative estimate of drug-likeness (QED) is 0.511. The van der Waals surface area contributed by atoms with Crippen molar-refractivity contribution in [3.8, 4) is 10.6 Å². The molecule has 1 unspecified atom stereocenters. The Labute approximate surface area is 196 Å². The molecule has 1 fully saturated rings. The van der Waals surface area contributed by atoms with Gasteiger partial charge in [0, 0.05) is 20.1 Å². The Hall–Kier alpha value is -2.93. The second-order valence-electron chi connectivity index (χ2n) is 7.57. The van der Waals surface area contributed by atoms with Gasteiger partial charge in [-0.15, -0.1) is 0 Å². The minimum absolute atomic E-state index is 0.0167. The highest BCUT2D eigenvalue weighted by atomic mass is 32.1. The number of ether oxygens (including phenoxy) is 2. The number of halogens is 2.